The van der Waals surface area contributed by atoms with Crippen LogP contribution in [-0.4, -0.2) is 33.2 Å². The molecule has 0 aliphatic heterocycles. The van der Waals surface area contributed by atoms with Crippen LogP contribution in [0.4, 0.5) is 5.13 Å². The molecule has 0 bridgehead atoms. The minimum Gasteiger partial charge on any atom is -0.358 e. The van der Waals surface area contributed by atoms with Gasteiger partial charge in [0.15, 0.2) is 0 Å². The minimum absolute atomic E-state index is 0.0431. The minimum atomic E-state index is -0.306. The molecule has 0 spiro atoms. The van der Waals surface area contributed by atoms with Crippen molar-refractivity contribution in [1.29, 1.82) is 0 Å². The zero-order chi connectivity index (χ0) is 17.8. The molecule has 0 radical (unpaired) electrons. The number of benzene rings is 1. The van der Waals surface area contributed by atoms with Gasteiger partial charge in [-0.05, 0) is 13.0 Å². The Bertz CT molecular complexity index is 959. The summed E-state index contributed by atoms with van der Waals surface area (Å²) in [6.45, 7) is 3.34. The number of aryl methyl sites for hydroxylation is 1. The van der Waals surface area contributed by atoms with E-state index < -0.39 is 0 Å². The van der Waals surface area contributed by atoms with Crippen molar-refractivity contribution in [3.05, 3.63) is 40.5 Å². The van der Waals surface area contributed by atoms with Gasteiger partial charge in [0.2, 0.25) is 16.9 Å². The number of carbonyl (C=O) groups is 2. The van der Waals surface area contributed by atoms with Gasteiger partial charge >= 0.3 is 0 Å². The van der Waals surface area contributed by atoms with Crippen LogP contribution in [0.3, 0.4) is 0 Å². The van der Waals surface area contributed by atoms with Crippen LogP contribution >= 0.6 is 11.3 Å². The van der Waals surface area contributed by atoms with E-state index >= 15 is 0 Å². The number of rotatable bonds is 5. The molecule has 0 unspecified atom stereocenters. The lowest BCUT2D eigenvalue weighted by molar-refractivity contribution is -0.120. The van der Waals surface area contributed by atoms with Gasteiger partial charge in [-0.1, -0.05) is 29.5 Å². The topological polar surface area (TPSA) is 112 Å². The number of anilines is 1. The van der Waals surface area contributed by atoms with E-state index in [1.54, 1.807) is 6.21 Å². The van der Waals surface area contributed by atoms with Gasteiger partial charge in [0.25, 0.3) is 0 Å². The summed E-state index contributed by atoms with van der Waals surface area (Å²) < 4.78 is 0. The van der Waals surface area contributed by atoms with Crippen LogP contribution in [0.1, 0.15) is 23.2 Å². The smallest absolute Gasteiger partial charge is 0.247 e. The van der Waals surface area contributed by atoms with E-state index in [0.29, 0.717) is 10.1 Å². The standard InChI is InChI=1S/C16H16N6O2S/c1-9-12(11-5-3-4-6-13(11)18-9)8-17-20-14(24)7-15-21-22-16(25-15)19-10(2)23/h3-6,8,18H,7H2,1-2H3,(H,20,24)(H,19,22,23)/b17-8-. The van der Waals surface area contributed by atoms with Gasteiger partial charge in [0.05, 0.1) is 12.6 Å². The fourth-order valence-corrected chi connectivity index (χ4v) is 3.12. The lowest BCUT2D eigenvalue weighted by Crippen LogP contribution is -2.19. The Morgan fingerprint density at radius 3 is 2.92 bits per heavy atom. The molecule has 2 amide bonds. The lowest BCUT2D eigenvalue weighted by Gasteiger charge is -1.97. The molecule has 0 saturated heterocycles. The molecule has 3 N–H and O–H groups in total. The molecule has 3 rings (SSSR count). The second kappa shape index (κ2) is 7.22. The summed E-state index contributed by atoms with van der Waals surface area (Å²) in [4.78, 5) is 26.2. The summed E-state index contributed by atoms with van der Waals surface area (Å²) >= 11 is 1.15. The number of para-hydroxylation sites is 1. The van der Waals surface area contributed by atoms with Crippen LogP contribution < -0.4 is 10.7 Å². The van der Waals surface area contributed by atoms with E-state index in [2.05, 4.69) is 31.0 Å². The number of amides is 2. The van der Waals surface area contributed by atoms with Gasteiger partial charge in [0, 0.05) is 29.1 Å². The maximum Gasteiger partial charge on any atom is 0.247 e. The first-order valence-electron chi connectivity index (χ1n) is 7.52. The maximum absolute atomic E-state index is 11.9. The molecule has 0 saturated carbocycles. The molecule has 2 heterocycles. The Hall–Kier alpha value is -3.07. The molecule has 0 atom stereocenters. The molecule has 9 heteroatoms. The van der Waals surface area contributed by atoms with Gasteiger partial charge in [-0.15, -0.1) is 10.2 Å². The first kappa shape index (κ1) is 16.8. The molecule has 0 fully saturated rings. The molecule has 128 valence electrons. The lowest BCUT2D eigenvalue weighted by atomic mass is 10.1. The Kier molecular flexibility index (Phi) is 4.85. The van der Waals surface area contributed by atoms with Gasteiger partial charge < -0.3 is 10.3 Å². The van der Waals surface area contributed by atoms with Gasteiger partial charge in [0.1, 0.15) is 5.01 Å². The summed E-state index contributed by atoms with van der Waals surface area (Å²) in [5, 5.41) is 16.1. The Labute approximate surface area is 147 Å². The van der Waals surface area contributed by atoms with Gasteiger partial charge in [-0.25, -0.2) is 5.43 Å². The second-order valence-corrected chi connectivity index (χ2v) is 6.42. The van der Waals surface area contributed by atoms with Crippen LogP contribution in [0, 0.1) is 6.92 Å². The molecule has 0 aliphatic carbocycles. The number of aromatic nitrogens is 3. The molecule has 2 aromatic heterocycles. The van der Waals surface area contributed by atoms with Crippen LogP contribution in [0.25, 0.3) is 10.9 Å². The highest BCUT2D eigenvalue weighted by molar-refractivity contribution is 7.15. The van der Waals surface area contributed by atoms with Crippen molar-refractivity contribution in [3.8, 4) is 0 Å². The highest BCUT2D eigenvalue weighted by Gasteiger charge is 2.10. The normalized spacial score (nSPS) is 11.1. The summed E-state index contributed by atoms with van der Waals surface area (Å²) in [6, 6.07) is 7.89. The van der Waals surface area contributed by atoms with Crippen LogP contribution in [0.5, 0.6) is 0 Å². The summed E-state index contributed by atoms with van der Waals surface area (Å²) in [5.41, 5.74) is 5.41. The number of H-pyrrole nitrogens is 1. The predicted molar refractivity (Wildman–Crippen MR) is 96.7 cm³/mol. The van der Waals surface area contributed by atoms with Crippen LogP contribution in [0.2, 0.25) is 0 Å². The number of hydrazone groups is 1. The first-order chi connectivity index (χ1) is 12.0. The summed E-state index contributed by atoms with van der Waals surface area (Å²) in [7, 11) is 0. The number of fused-ring (bicyclic) bond motifs is 1. The molecule has 8 nitrogen and oxygen atoms in total. The summed E-state index contributed by atoms with van der Waals surface area (Å²) in [6.07, 6.45) is 1.66. The highest BCUT2D eigenvalue weighted by Crippen LogP contribution is 2.20. The third kappa shape index (κ3) is 4.07. The van der Waals surface area contributed by atoms with E-state index in [1.807, 2.05) is 31.2 Å². The fourth-order valence-electron chi connectivity index (χ4n) is 2.34. The van der Waals surface area contributed by atoms with Crippen molar-refractivity contribution in [1.82, 2.24) is 20.6 Å². The van der Waals surface area contributed by atoms with Gasteiger partial charge in [-0.2, -0.15) is 5.10 Å². The Morgan fingerprint density at radius 1 is 1.32 bits per heavy atom. The number of aromatic amines is 1. The quantitative estimate of drug-likeness (QED) is 0.479. The van der Waals surface area contributed by atoms with E-state index in [1.165, 1.54) is 6.92 Å². The zero-order valence-corrected chi connectivity index (χ0v) is 14.5. The monoisotopic (exact) mass is 356 g/mol. The average molecular weight is 356 g/mol. The number of nitrogens with one attached hydrogen (secondary N) is 3. The van der Waals surface area contributed by atoms with Crippen molar-refractivity contribution in [2.75, 3.05) is 5.32 Å². The number of nitrogens with zero attached hydrogens (tertiary/aromatic N) is 3. The van der Waals surface area contributed by atoms with Crippen molar-refractivity contribution < 1.29 is 9.59 Å². The number of carbonyl (C=O) groups excluding carboxylic acids is 2. The number of hydrogen-bond donors (Lipinski definition) is 3. The Morgan fingerprint density at radius 2 is 2.12 bits per heavy atom. The molecule has 25 heavy (non-hydrogen) atoms. The number of hydrogen-bond acceptors (Lipinski definition) is 6. The average Bonchev–Trinajstić information content (AvgIpc) is 3.11. The molecule has 1 aromatic carbocycles. The van der Waals surface area contributed by atoms with Gasteiger partial charge in [-0.3, -0.25) is 9.59 Å². The largest absolute Gasteiger partial charge is 0.358 e. The molecular formula is C16H16N6O2S. The van der Waals surface area contributed by atoms with Crippen molar-refractivity contribution in [2.24, 2.45) is 5.10 Å². The van der Waals surface area contributed by atoms with Crippen molar-refractivity contribution in [3.63, 3.8) is 0 Å². The van der Waals surface area contributed by atoms with Crippen LogP contribution in [-0.2, 0) is 16.0 Å². The molecular weight excluding hydrogens is 340 g/mol. The first-order valence-corrected chi connectivity index (χ1v) is 8.34. The molecule has 3 aromatic rings. The van der Waals surface area contributed by atoms with Crippen molar-refractivity contribution in [2.45, 2.75) is 20.3 Å². The van der Waals surface area contributed by atoms with E-state index in [4.69, 9.17) is 0 Å². The Balaban J connectivity index is 1.61. The SMILES string of the molecule is CC(=O)Nc1nnc(CC(=O)N/N=C\c2c(C)[nH]c3ccccc23)s1. The van der Waals surface area contributed by atoms with E-state index in [9.17, 15) is 9.59 Å². The second-order valence-electron chi connectivity index (χ2n) is 5.36. The van der Waals surface area contributed by atoms with E-state index in [0.717, 1.165) is 33.5 Å². The van der Waals surface area contributed by atoms with E-state index in [-0.39, 0.29) is 18.2 Å². The third-order valence-corrected chi connectivity index (χ3v) is 4.23. The third-order valence-electron chi connectivity index (χ3n) is 3.39. The summed E-state index contributed by atoms with van der Waals surface area (Å²) in [5.74, 6) is -0.537. The van der Waals surface area contributed by atoms with Crippen LogP contribution in [0.15, 0.2) is 29.4 Å². The van der Waals surface area contributed by atoms with Crippen molar-refractivity contribution >= 4 is 45.4 Å². The fraction of sp³-hybridized carbons (Fsp3) is 0.188. The zero-order valence-electron chi connectivity index (χ0n) is 13.7. The maximum atomic E-state index is 11.9. The highest BCUT2D eigenvalue weighted by atomic mass is 32.1. The predicted octanol–water partition coefficient (Wildman–Crippen LogP) is 1.98. The molecule has 0 aliphatic rings.